The number of rotatable bonds is 3. The molecule has 0 radical (unpaired) electrons. The van der Waals surface area contributed by atoms with Gasteiger partial charge in [0.1, 0.15) is 6.33 Å². The van der Waals surface area contributed by atoms with E-state index < -0.39 is 0 Å². The van der Waals surface area contributed by atoms with Crippen LogP contribution < -0.4 is 9.47 Å². The van der Waals surface area contributed by atoms with E-state index in [1.807, 2.05) is 13.8 Å². The van der Waals surface area contributed by atoms with Gasteiger partial charge in [0.25, 0.3) is 5.91 Å². The smallest absolute Gasteiger partial charge is 0.254 e. The minimum absolute atomic E-state index is 0.121. The quantitative estimate of drug-likeness (QED) is 0.755. The Hall–Kier alpha value is -2.67. The molecule has 3 aliphatic rings. The molecule has 0 bridgehead atoms. The van der Waals surface area contributed by atoms with Crippen LogP contribution in [0.25, 0.3) is 11.1 Å². The molecule has 164 valence electrons. The normalized spacial score (nSPS) is 25.1. The van der Waals surface area contributed by atoms with Crippen molar-refractivity contribution in [3.8, 4) is 22.6 Å². The fourth-order valence-corrected chi connectivity index (χ4v) is 5.48. The Kier molecular flexibility index (Phi) is 5.08. The number of nitrogens with zero attached hydrogens (tertiary/aromatic N) is 4. The SMILES string of the molecule is Cc1c2c(c(-c3cncnc3)c3c1C(=O)N(C1CCC(N(C)C)CC1)CC3)OC(C)O2. The van der Waals surface area contributed by atoms with E-state index in [1.165, 1.54) is 6.33 Å². The van der Waals surface area contributed by atoms with Gasteiger partial charge in [-0.25, -0.2) is 9.97 Å². The van der Waals surface area contributed by atoms with E-state index in [-0.39, 0.29) is 12.2 Å². The predicted octanol–water partition coefficient (Wildman–Crippen LogP) is 3.44. The van der Waals surface area contributed by atoms with E-state index in [4.69, 9.17) is 9.47 Å². The summed E-state index contributed by atoms with van der Waals surface area (Å²) < 4.78 is 12.0. The van der Waals surface area contributed by atoms with Crippen LogP contribution in [0.15, 0.2) is 18.7 Å². The molecule has 1 amide bonds. The maximum Gasteiger partial charge on any atom is 0.254 e. The van der Waals surface area contributed by atoms with E-state index in [0.29, 0.717) is 23.6 Å². The summed E-state index contributed by atoms with van der Waals surface area (Å²) in [7, 11) is 4.30. The number of carbonyl (C=O) groups excluding carboxylic acids is 1. The average molecular weight is 423 g/mol. The van der Waals surface area contributed by atoms with E-state index >= 15 is 0 Å². The third-order valence-corrected chi connectivity index (χ3v) is 7.08. The van der Waals surface area contributed by atoms with Crippen molar-refractivity contribution in [2.24, 2.45) is 0 Å². The van der Waals surface area contributed by atoms with Crippen LogP contribution in [0.3, 0.4) is 0 Å². The zero-order chi connectivity index (χ0) is 21.7. The van der Waals surface area contributed by atoms with Crippen LogP contribution in [0.5, 0.6) is 11.5 Å². The van der Waals surface area contributed by atoms with Gasteiger partial charge in [-0.15, -0.1) is 0 Å². The fraction of sp³-hybridized carbons (Fsp3) is 0.542. The summed E-state index contributed by atoms with van der Waals surface area (Å²) in [4.78, 5) is 26.6. The van der Waals surface area contributed by atoms with Crippen molar-refractivity contribution in [3.05, 3.63) is 35.4 Å². The first-order valence-electron chi connectivity index (χ1n) is 11.2. The third kappa shape index (κ3) is 3.35. The molecule has 1 aromatic heterocycles. The molecule has 2 aromatic rings. The Morgan fingerprint density at radius 2 is 1.71 bits per heavy atom. The average Bonchev–Trinajstić information content (AvgIpc) is 3.16. The van der Waals surface area contributed by atoms with Crippen molar-refractivity contribution in [3.63, 3.8) is 0 Å². The van der Waals surface area contributed by atoms with Gasteiger partial charge >= 0.3 is 0 Å². The number of benzene rings is 1. The number of fused-ring (bicyclic) bond motifs is 2. The molecule has 7 heteroatoms. The number of aromatic nitrogens is 2. The molecule has 1 fully saturated rings. The standard InChI is InChI=1S/C24H30N4O3/c1-14-20-19(9-10-28(24(20)29)18-7-5-17(6-8-18)27(3)4)21(16-11-25-13-26-12-16)23-22(14)30-15(2)31-23/h11-13,15,17-18H,5-10H2,1-4H3. The number of carbonyl (C=O) groups is 1. The summed E-state index contributed by atoms with van der Waals surface area (Å²) in [6, 6.07) is 0.925. The summed E-state index contributed by atoms with van der Waals surface area (Å²) in [5, 5.41) is 0. The van der Waals surface area contributed by atoms with Crippen molar-refractivity contribution >= 4 is 5.91 Å². The molecule has 31 heavy (non-hydrogen) atoms. The second kappa shape index (κ2) is 7.79. The topological polar surface area (TPSA) is 67.8 Å². The van der Waals surface area contributed by atoms with Crippen LogP contribution in [0.1, 0.15) is 54.1 Å². The molecule has 1 unspecified atom stereocenters. The maximum atomic E-state index is 13.8. The van der Waals surface area contributed by atoms with Gasteiger partial charge in [0, 0.05) is 54.6 Å². The second-order valence-electron chi connectivity index (χ2n) is 9.12. The lowest BCUT2D eigenvalue weighted by Gasteiger charge is -2.41. The molecule has 2 aliphatic heterocycles. The largest absolute Gasteiger partial charge is 0.451 e. The summed E-state index contributed by atoms with van der Waals surface area (Å²) in [5.74, 6) is 1.51. The Bertz CT molecular complexity index is 1000. The van der Waals surface area contributed by atoms with Gasteiger partial charge in [0.05, 0.1) is 5.56 Å². The van der Waals surface area contributed by atoms with Gasteiger partial charge in [0.15, 0.2) is 11.5 Å². The van der Waals surface area contributed by atoms with Gasteiger partial charge in [0.2, 0.25) is 6.29 Å². The molecule has 7 nitrogen and oxygen atoms in total. The highest BCUT2D eigenvalue weighted by Crippen LogP contribution is 2.50. The molecular weight excluding hydrogens is 392 g/mol. The Morgan fingerprint density at radius 3 is 2.39 bits per heavy atom. The first-order valence-corrected chi connectivity index (χ1v) is 11.2. The zero-order valence-electron chi connectivity index (χ0n) is 18.7. The number of amides is 1. The minimum Gasteiger partial charge on any atom is -0.451 e. The summed E-state index contributed by atoms with van der Waals surface area (Å²) in [5.41, 5.74) is 4.46. The summed E-state index contributed by atoms with van der Waals surface area (Å²) >= 11 is 0. The van der Waals surface area contributed by atoms with Gasteiger partial charge in [-0.05, 0) is 58.7 Å². The second-order valence-corrected chi connectivity index (χ2v) is 9.12. The van der Waals surface area contributed by atoms with E-state index in [1.54, 1.807) is 12.4 Å². The van der Waals surface area contributed by atoms with Crippen molar-refractivity contribution in [1.82, 2.24) is 19.8 Å². The van der Waals surface area contributed by atoms with Gasteiger partial charge < -0.3 is 19.3 Å². The van der Waals surface area contributed by atoms with E-state index in [2.05, 4.69) is 33.9 Å². The first-order chi connectivity index (χ1) is 15.0. The molecule has 5 rings (SSSR count). The number of hydrogen-bond donors (Lipinski definition) is 0. The minimum atomic E-state index is -0.381. The van der Waals surface area contributed by atoms with E-state index in [0.717, 1.165) is 66.5 Å². The van der Waals surface area contributed by atoms with Crippen molar-refractivity contribution in [2.75, 3.05) is 20.6 Å². The van der Waals surface area contributed by atoms with Crippen molar-refractivity contribution < 1.29 is 14.3 Å². The highest BCUT2D eigenvalue weighted by atomic mass is 16.7. The molecule has 0 spiro atoms. The fourth-order valence-electron chi connectivity index (χ4n) is 5.48. The van der Waals surface area contributed by atoms with Crippen LogP contribution in [0.2, 0.25) is 0 Å². The van der Waals surface area contributed by atoms with Crippen LogP contribution in [0, 0.1) is 6.92 Å². The third-order valence-electron chi connectivity index (χ3n) is 7.08. The van der Waals surface area contributed by atoms with Crippen molar-refractivity contribution in [2.45, 2.75) is 64.3 Å². The lowest BCUT2D eigenvalue weighted by molar-refractivity contribution is 0.0569. The highest BCUT2D eigenvalue weighted by molar-refractivity contribution is 6.02. The lowest BCUT2D eigenvalue weighted by Crippen LogP contribution is -2.48. The van der Waals surface area contributed by atoms with Crippen molar-refractivity contribution in [1.29, 1.82) is 0 Å². The van der Waals surface area contributed by atoms with Crippen LogP contribution in [-0.4, -0.2) is 64.7 Å². The number of hydrogen-bond acceptors (Lipinski definition) is 6. The van der Waals surface area contributed by atoms with Crippen LogP contribution >= 0.6 is 0 Å². The monoisotopic (exact) mass is 422 g/mol. The first kappa shape index (κ1) is 20.2. The maximum absolute atomic E-state index is 13.8. The van der Waals surface area contributed by atoms with Crippen LogP contribution in [0.4, 0.5) is 0 Å². The van der Waals surface area contributed by atoms with Gasteiger partial charge in [-0.2, -0.15) is 0 Å². The predicted molar refractivity (Wildman–Crippen MR) is 117 cm³/mol. The molecular formula is C24H30N4O3. The Labute approximate surface area is 183 Å². The molecule has 3 heterocycles. The van der Waals surface area contributed by atoms with Crippen LogP contribution in [-0.2, 0) is 6.42 Å². The molecule has 0 saturated heterocycles. The molecule has 1 aliphatic carbocycles. The highest BCUT2D eigenvalue weighted by Gasteiger charge is 2.39. The summed E-state index contributed by atoms with van der Waals surface area (Å²) in [6.07, 6.45) is 9.89. The van der Waals surface area contributed by atoms with Gasteiger partial charge in [-0.3, -0.25) is 4.79 Å². The van der Waals surface area contributed by atoms with Gasteiger partial charge in [-0.1, -0.05) is 0 Å². The lowest BCUT2D eigenvalue weighted by atomic mass is 9.84. The zero-order valence-corrected chi connectivity index (χ0v) is 18.7. The molecule has 1 saturated carbocycles. The molecule has 1 aromatic carbocycles. The Balaban J connectivity index is 1.55. The Morgan fingerprint density at radius 1 is 1.03 bits per heavy atom. The molecule has 0 N–H and O–H groups in total. The summed E-state index contributed by atoms with van der Waals surface area (Å²) in [6.45, 7) is 4.59. The molecule has 1 atom stereocenters. The number of ether oxygens (including phenoxy) is 2. The van der Waals surface area contributed by atoms with E-state index in [9.17, 15) is 4.79 Å².